The molecule has 0 spiro atoms. The monoisotopic (exact) mass is 235 g/mol. The van der Waals surface area contributed by atoms with E-state index in [1.54, 1.807) is 5.01 Å². The third-order valence-corrected chi connectivity index (χ3v) is 2.60. The summed E-state index contributed by atoms with van der Waals surface area (Å²) in [7, 11) is 4.93. The van der Waals surface area contributed by atoms with Crippen LogP contribution in [0.15, 0.2) is 0 Å². The molecule has 0 saturated heterocycles. The minimum absolute atomic E-state index is 0.159. The number of rotatable bonds is 3. The van der Waals surface area contributed by atoms with E-state index in [-0.39, 0.29) is 5.15 Å². The fourth-order valence-corrected chi connectivity index (χ4v) is 1.94. The molecule has 0 aliphatic rings. The molecule has 0 amide bonds. The summed E-state index contributed by atoms with van der Waals surface area (Å²) in [5.41, 5.74) is 2.89. The molecule has 0 radical (unpaired) electrons. The predicted molar refractivity (Wildman–Crippen MR) is 55.8 cm³/mol. The number of nitrogens with zero attached hydrogens (tertiary/aromatic N) is 2. The Morgan fingerprint density at radius 1 is 1.64 bits per heavy atom. The first kappa shape index (κ1) is 11.2. The Bertz CT molecular complexity index is 340. The number of hydrazine groups is 1. The van der Waals surface area contributed by atoms with Crippen molar-refractivity contribution in [2.45, 2.75) is 0 Å². The fraction of sp³-hybridized carbons (Fsp3) is 0.429. The maximum atomic E-state index is 11.2. The van der Waals surface area contributed by atoms with E-state index >= 15 is 0 Å². The molecule has 0 bridgehead atoms. The summed E-state index contributed by atoms with van der Waals surface area (Å²) in [5.74, 6) is -0.473. The van der Waals surface area contributed by atoms with E-state index in [0.29, 0.717) is 10.0 Å². The highest BCUT2D eigenvalue weighted by atomic mass is 35.5. The van der Waals surface area contributed by atoms with Gasteiger partial charge in [0, 0.05) is 14.1 Å². The lowest BCUT2D eigenvalue weighted by molar-refractivity contribution is 0.0606. The molecular formula is C7H10ClN3O2S. The van der Waals surface area contributed by atoms with Gasteiger partial charge in [0.1, 0.15) is 0 Å². The molecule has 0 saturated carbocycles. The number of carbonyl (C=O) groups is 1. The van der Waals surface area contributed by atoms with Crippen molar-refractivity contribution in [1.82, 2.24) is 9.99 Å². The van der Waals surface area contributed by atoms with Gasteiger partial charge in [0.05, 0.1) is 7.11 Å². The van der Waals surface area contributed by atoms with E-state index < -0.39 is 5.97 Å². The zero-order valence-corrected chi connectivity index (χ0v) is 9.57. The molecular weight excluding hydrogens is 226 g/mol. The van der Waals surface area contributed by atoms with Crippen molar-refractivity contribution in [1.29, 1.82) is 0 Å². The van der Waals surface area contributed by atoms with Gasteiger partial charge in [0.15, 0.2) is 15.2 Å². The van der Waals surface area contributed by atoms with Crippen LogP contribution in [0, 0.1) is 0 Å². The van der Waals surface area contributed by atoms with Crippen molar-refractivity contribution >= 4 is 34.0 Å². The molecule has 78 valence electrons. The second-order valence-corrected chi connectivity index (χ2v) is 3.99. The number of hydrogen-bond donors (Lipinski definition) is 1. The van der Waals surface area contributed by atoms with Gasteiger partial charge in [-0.25, -0.2) is 14.8 Å². The molecule has 0 aromatic carbocycles. The first-order valence-electron chi connectivity index (χ1n) is 3.73. The van der Waals surface area contributed by atoms with Crippen LogP contribution >= 0.6 is 22.9 Å². The van der Waals surface area contributed by atoms with Crippen LogP contribution in [0.2, 0.25) is 5.15 Å². The summed E-state index contributed by atoms with van der Waals surface area (Å²) in [6.45, 7) is 0. The molecule has 0 unspecified atom stereocenters. The molecule has 0 aliphatic carbocycles. The van der Waals surface area contributed by atoms with Gasteiger partial charge in [-0.15, -0.1) is 0 Å². The fourth-order valence-electron chi connectivity index (χ4n) is 0.759. The Labute approximate surface area is 90.6 Å². The number of nitrogens with one attached hydrogen (secondary N) is 1. The molecule has 1 aromatic heterocycles. The van der Waals surface area contributed by atoms with Crippen LogP contribution in [0.1, 0.15) is 9.67 Å². The van der Waals surface area contributed by atoms with Gasteiger partial charge in [-0.1, -0.05) is 22.9 Å². The lowest BCUT2D eigenvalue weighted by Crippen LogP contribution is -2.19. The number of thiazole rings is 1. The highest BCUT2D eigenvalue weighted by Crippen LogP contribution is 2.27. The smallest absolute Gasteiger partial charge is 0.351 e. The van der Waals surface area contributed by atoms with Crippen molar-refractivity contribution in [3.63, 3.8) is 0 Å². The highest BCUT2D eigenvalue weighted by Gasteiger charge is 2.17. The van der Waals surface area contributed by atoms with E-state index in [1.807, 2.05) is 14.1 Å². The van der Waals surface area contributed by atoms with Gasteiger partial charge in [-0.05, 0) is 0 Å². The number of hydrogen-bond acceptors (Lipinski definition) is 6. The second-order valence-electron chi connectivity index (χ2n) is 2.64. The van der Waals surface area contributed by atoms with Crippen molar-refractivity contribution in [3.8, 4) is 0 Å². The quantitative estimate of drug-likeness (QED) is 0.635. The second kappa shape index (κ2) is 4.59. The van der Waals surface area contributed by atoms with Crippen LogP contribution in [0.5, 0.6) is 0 Å². The molecule has 1 aromatic rings. The van der Waals surface area contributed by atoms with Crippen molar-refractivity contribution < 1.29 is 9.53 Å². The lowest BCUT2D eigenvalue weighted by atomic mass is 10.6. The molecule has 0 fully saturated rings. The van der Waals surface area contributed by atoms with Gasteiger partial charge >= 0.3 is 5.97 Å². The highest BCUT2D eigenvalue weighted by molar-refractivity contribution is 7.18. The molecule has 0 aliphatic heterocycles. The SMILES string of the molecule is COC(=O)c1sc(NN(C)C)nc1Cl. The number of methoxy groups -OCH3 is 1. The Hall–Kier alpha value is -0.850. The minimum Gasteiger partial charge on any atom is -0.465 e. The van der Waals surface area contributed by atoms with Gasteiger partial charge in [0.25, 0.3) is 0 Å². The van der Waals surface area contributed by atoms with E-state index in [2.05, 4.69) is 15.1 Å². The lowest BCUT2D eigenvalue weighted by Gasteiger charge is -2.08. The minimum atomic E-state index is -0.473. The van der Waals surface area contributed by atoms with E-state index in [0.717, 1.165) is 11.3 Å². The molecule has 1 heterocycles. The first-order chi connectivity index (χ1) is 6.54. The van der Waals surface area contributed by atoms with Crippen molar-refractivity contribution in [3.05, 3.63) is 10.0 Å². The topological polar surface area (TPSA) is 54.5 Å². The Kier molecular flexibility index (Phi) is 3.68. The Balaban J connectivity index is 2.87. The predicted octanol–water partition coefficient (Wildman–Crippen LogP) is 1.47. The zero-order chi connectivity index (χ0) is 10.7. The summed E-state index contributed by atoms with van der Waals surface area (Å²) in [6, 6.07) is 0. The number of esters is 1. The normalized spacial score (nSPS) is 10.4. The average Bonchev–Trinajstić information content (AvgIpc) is 2.44. The molecule has 14 heavy (non-hydrogen) atoms. The van der Waals surface area contributed by atoms with Gasteiger partial charge in [0.2, 0.25) is 0 Å². The van der Waals surface area contributed by atoms with E-state index in [4.69, 9.17) is 11.6 Å². The van der Waals surface area contributed by atoms with Gasteiger partial charge in [-0.3, -0.25) is 5.43 Å². The number of anilines is 1. The Morgan fingerprint density at radius 2 is 2.29 bits per heavy atom. The largest absolute Gasteiger partial charge is 0.465 e. The van der Waals surface area contributed by atoms with Gasteiger partial charge < -0.3 is 4.74 Å². The third-order valence-electron chi connectivity index (χ3n) is 1.28. The van der Waals surface area contributed by atoms with Crippen molar-refractivity contribution in [2.24, 2.45) is 0 Å². The molecule has 5 nitrogen and oxygen atoms in total. The summed E-state index contributed by atoms with van der Waals surface area (Å²) >= 11 is 6.89. The molecule has 1 N–H and O–H groups in total. The van der Waals surface area contributed by atoms with E-state index in [9.17, 15) is 4.79 Å². The van der Waals surface area contributed by atoms with Crippen molar-refractivity contribution in [2.75, 3.05) is 26.6 Å². The molecule has 7 heteroatoms. The number of carbonyl (C=O) groups excluding carboxylic acids is 1. The van der Waals surface area contributed by atoms with Crippen LogP contribution in [-0.4, -0.2) is 37.2 Å². The van der Waals surface area contributed by atoms with Gasteiger partial charge in [-0.2, -0.15) is 0 Å². The summed E-state index contributed by atoms with van der Waals surface area (Å²) in [6.07, 6.45) is 0. The summed E-state index contributed by atoms with van der Waals surface area (Å²) in [5, 5.41) is 2.42. The first-order valence-corrected chi connectivity index (χ1v) is 4.92. The standard InChI is InChI=1S/C7H10ClN3O2S/c1-11(2)10-7-9-5(8)4(14-7)6(12)13-3/h1-3H3,(H,9,10). The van der Waals surface area contributed by atoms with Crippen LogP contribution in [0.25, 0.3) is 0 Å². The van der Waals surface area contributed by atoms with Crippen LogP contribution in [0.4, 0.5) is 5.13 Å². The van der Waals surface area contributed by atoms with Crippen LogP contribution in [0.3, 0.4) is 0 Å². The van der Waals surface area contributed by atoms with E-state index in [1.165, 1.54) is 7.11 Å². The molecule has 0 atom stereocenters. The number of ether oxygens (including phenoxy) is 1. The maximum Gasteiger partial charge on any atom is 0.351 e. The van der Waals surface area contributed by atoms with Crippen LogP contribution in [-0.2, 0) is 4.74 Å². The number of aromatic nitrogens is 1. The average molecular weight is 236 g/mol. The summed E-state index contributed by atoms with van der Waals surface area (Å²) in [4.78, 5) is 15.4. The number of halogens is 1. The Morgan fingerprint density at radius 3 is 2.79 bits per heavy atom. The maximum absolute atomic E-state index is 11.2. The third kappa shape index (κ3) is 2.57. The van der Waals surface area contributed by atoms with Crippen LogP contribution < -0.4 is 5.43 Å². The molecule has 1 rings (SSSR count). The summed E-state index contributed by atoms with van der Waals surface area (Å²) < 4.78 is 4.54. The zero-order valence-electron chi connectivity index (χ0n) is 8.00.